The molecule has 0 bridgehead atoms. The van der Waals surface area contributed by atoms with Gasteiger partial charge in [-0.3, -0.25) is 4.79 Å². The van der Waals surface area contributed by atoms with Crippen molar-refractivity contribution in [3.05, 3.63) is 90.0 Å². The highest BCUT2D eigenvalue weighted by molar-refractivity contribution is 5.92. The van der Waals surface area contributed by atoms with E-state index in [-0.39, 0.29) is 12.3 Å². The van der Waals surface area contributed by atoms with E-state index in [4.69, 9.17) is 10.00 Å². The Morgan fingerprint density at radius 2 is 1.64 bits per heavy atom. The third kappa shape index (κ3) is 4.69. The first-order valence-corrected chi connectivity index (χ1v) is 7.85. The number of carbonyl (C=O) groups is 1. The highest BCUT2D eigenvalue weighted by Crippen LogP contribution is 2.22. The number of nitrogens with one attached hydrogen (secondary N) is 1. The van der Waals surface area contributed by atoms with Gasteiger partial charge in [-0.25, -0.2) is 0 Å². The van der Waals surface area contributed by atoms with Crippen molar-refractivity contribution in [2.24, 2.45) is 0 Å². The molecular weight excluding hydrogens is 312 g/mol. The summed E-state index contributed by atoms with van der Waals surface area (Å²) in [4.78, 5) is 12.1. The molecule has 0 saturated carbocycles. The van der Waals surface area contributed by atoms with Crippen molar-refractivity contribution in [1.82, 2.24) is 0 Å². The molecule has 3 rings (SSSR count). The lowest BCUT2D eigenvalue weighted by atomic mass is 10.1. The number of rotatable bonds is 5. The summed E-state index contributed by atoms with van der Waals surface area (Å²) in [6.45, 7) is 0. The van der Waals surface area contributed by atoms with E-state index in [0.717, 1.165) is 11.3 Å². The molecule has 0 heterocycles. The number of nitrogens with zero attached hydrogens (tertiary/aromatic N) is 1. The summed E-state index contributed by atoms with van der Waals surface area (Å²) in [7, 11) is 0. The van der Waals surface area contributed by atoms with Crippen LogP contribution >= 0.6 is 0 Å². The van der Waals surface area contributed by atoms with Crippen LogP contribution in [0.2, 0.25) is 0 Å². The lowest BCUT2D eigenvalue weighted by Crippen LogP contribution is -2.14. The number of nitriles is 1. The minimum Gasteiger partial charge on any atom is -0.457 e. The van der Waals surface area contributed by atoms with Crippen LogP contribution in [-0.4, -0.2) is 5.91 Å². The molecule has 25 heavy (non-hydrogen) atoms. The Kier molecular flexibility index (Phi) is 5.08. The van der Waals surface area contributed by atoms with E-state index in [1.807, 2.05) is 36.4 Å². The molecule has 4 heteroatoms. The van der Waals surface area contributed by atoms with Gasteiger partial charge in [0.25, 0.3) is 0 Å². The Balaban J connectivity index is 1.59. The monoisotopic (exact) mass is 328 g/mol. The second kappa shape index (κ2) is 7.80. The second-order valence-electron chi connectivity index (χ2n) is 5.48. The molecule has 122 valence electrons. The first kappa shape index (κ1) is 16.3. The van der Waals surface area contributed by atoms with E-state index < -0.39 is 0 Å². The summed E-state index contributed by atoms with van der Waals surface area (Å²) in [6, 6.07) is 25.8. The van der Waals surface area contributed by atoms with Crippen LogP contribution in [0, 0.1) is 11.3 Å². The van der Waals surface area contributed by atoms with Gasteiger partial charge in [0.05, 0.1) is 18.1 Å². The molecule has 1 amide bonds. The predicted molar refractivity (Wildman–Crippen MR) is 96.4 cm³/mol. The van der Waals surface area contributed by atoms with Crippen molar-refractivity contribution in [3.63, 3.8) is 0 Å². The minimum atomic E-state index is -0.133. The smallest absolute Gasteiger partial charge is 0.228 e. The number of carbonyl (C=O) groups excluding carboxylic acids is 1. The molecule has 0 saturated heterocycles. The largest absolute Gasteiger partial charge is 0.457 e. The molecule has 0 aliphatic rings. The molecule has 0 radical (unpaired) electrons. The SMILES string of the molecule is N#Cc1cccc(CC(=O)Nc2ccc(Oc3ccccc3)cc2)c1. The van der Waals surface area contributed by atoms with E-state index in [2.05, 4.69) is 11.4 Å². The summed E-state index contributed by atoms with van der Waals surface area (Å²) in [6.07, 6.45) is 0.220. The lowest BCUT2D eigenvalue weighted by Gasteiger charge is -2.08. The predicted octanol–water partition coefficient (Wildman–Crippen LogP) is 4.53. The number of amides is 1. The lowest BCUT2D eigenvalue weighted by molar-refractivity contribution is -0.115. The second-order valence-corrected chi connectivity index (χ2v) is 5.48. The van der Waals surface area contributed by atoms with Gasteiger partial charge in [-0.2, -0.15) is 5.26 Å². The molecule has 0 aromatic heterocycles. The number of ether oxygens (including phenoxy) is 1. The standard InChI is InChI=1S/C21H16N2O2/c22-15-17-6-4-5-16(13-17)14-21(24)23-18-9-11-20(12-10-18)25-19-7-2-1-3-8-19/h1-13H,14H2,(H,23,24). The first-order chi connectivity index (χ1) is 12.2. The van der Waals surface area contributed by atoms with Crippen LogP contribution < -0.4 is 10.1 Å². The molecule has 0 aliphatic heterocycles. The molecule has 4 nitrogen and oxygen atoms in total. The van der Waals surface area contributed by atoms with Crippen molar-refractivity contribution in [3.8, 4) is 17.6 Å². The molecule has 0 atom stereocenters. The topological polar surface area (TPSA) is 62.1 Å². The van der Waals surface area contributed by atoms with Gasteiger partial charge in [-0.15, -0.1) is 0 Å². The van der Waals surface area contributed by atoms with E-state index in [1.54, 1.807) is 42.5 Å². The van der Waals surface area contributed by atoms with Crippen LogP contribution in [0.5, 0.6) is 11.5 Å². The maximum Gasteiger partial charge on any atom is 0.228 e. The number of para-hydroxylation sites is 1. The van der Waals surface area contributed by atoms with Gasteiger partial charge in [-0.1, -0.05) is 30.3 Å². The van der Waals surface area contributed by atoms with Gasteiger partial charge >= 0.3 is 0 Å². The molecule has 0 spiro atoms. The van der Waals surface area contributed by atoms with Gasteiger partial charge in [0, 0.05) is 5.69 Å². The van der Waals surface area contributed by atoms with Gasteiger partial charge in [-0.05, 0) is 54.1 Å². The van der Waals surface area contributed by atoms with E-state index in [9.17, 15) is 4.79 Å². The summed E-state index contributed by atoms with van der Waals surface area (Å²) in [5.74, 6) is 1.33. The van der Waals surface area contributed by atoms with Crippen LogP contribution in [0.25, 0.3) is 0 Å². The van der Waals surface area contributed by atoms with Crippen molar-refractivity contribution in [2.45, 2.75) is 6.42 Å². The summed E-state index contributed by atoms with van der Waals surface area (Å²) >= 11 is 0. The van der Waals surface area contributed by atoms with Crippen molar-refractivity contribution in [2.75, 3.05) is 5.32 Å². The molecule has 1 N–H and O–H groups in total. The average molecular weight is 328 g/mol. The highest BCUT2D eigenvalue weighted by atomic mass is 16.5. The zero-order valence-corrected chi connectivity index (χ0v) is 13.5. The molecule has 3 aromatic rings. The first-order valence-electron chi connectivity index (χ1n) is 7.85. The molecule has 0 fully saturated rings. The maximum absolute atomic E-state index is 12.1. The van der Waals surface area contributed by atoms with Crippen LogP contribution in [0.15, 0.2) is 78.9 Å². The van der Waals surface area contributed by atoms with Crippen LogP contribution in [0.1, 0.15) is 11.1 Å². The van der Waals surface area contributed by atoms with Crippen LogP contribution in [0.4, 0.5) is 5.69 Å². The normalized spacial score (nSPS) is 9.88. The third-order valence-corrected chi connectivity index (χ3v) is 3.54. The summed E-state index contributed by atoms with van der Waals surface area (Å²) in [5, 5.41) is 11.7. The fourth-order valence-corrected chi connectivity index (χ4v) is 2.37. The van der Waals surface area contributed by atoms with Gasteiger partial charge in [0.2, 0.25) is 5.91 Å². The fourth-order valence-electron chi connectivity index (χ4n) is 2.37. The van der Waals surface area contributed by atoms with Crippen molar-refractivity contribution in [1.29, 1.82) is 5.26 Å². The summed E-state index contributed by atoms with van der Waals surface area (Å²) in [5.41, 5.74) is 2.05. The number of benzene rings is 3. The molecule has 0 unspecified atom stereocenters. The average Bonchev–Trinajstić information content (AvgIpc) is 2.64. The Labute approximate surface area is 146 Å². The molecule has 0 aliphatic carbocycles. The Bertz CT molecular complexity index is 897. The van der Waals surface area contributed by atoms with Crippen molar-refractivity contribution < 1.29 is 9.53 Å². The fraction of sp³-hybridized carbons (Fsp3) is 0.0476. The molecular formula is C21H16N2O2. The number of hydrogen-bond acceptors (Lipinski definition) is 3. The maximum atomic E-state index is 12.1. The molecule has 3 aromatic carbocycles. The Morgan fingerprint density at radius 1 is 0.920 bits per heavy atom. The quantitative estimate of drug-likeness (QED) is 0.748. The minimum absolute atomic E-state index is 0.133. The summed E-state index contributed by atoms with van der Waals surface area (Å²) < 4.78 is 5.72. The van der Waals surface area contributed by atoms with Crippen LogP contribution in [0.3, 0.4) is 0 Å². The van der Waals surface area contributed by atoms with Crippen LogP contribution in [-0.2, 0) is 11.2 Å². The number of anilines is 1. The Hall–Kier alpha value is -3.58. The van der Waals surface area contributed by atoms with Gasteiger partial charge in [0.15, 0.2) is 0 Å². The zero-order chi connectivity index (χ0) is 17.5. The highest BCUT2D eigenvalue weighted by Gasteiger charge is 2.05. The van der Waals surface area contributed by atoms with E-state index in [0.29, 0.717) is 17.0 Å². The third-order valence-electron chi connectivity index (χ3n) is 3.54. The Morgan fingerprint density at radius 3 is 2.36 bits per heavy atom. The zero-order valence-electron chi connectivity index (χ0n) is 13.5. The van der Waals surface area contributed by atoms with Crippen molar-refractivity contribution >= 4 is 11.6 Å². The van der Waals surface area contributed by atoms with Gasteiger partial charge in [0.1, 0.15) is 11.5 Å². The van der Waals surface area contributed by atoms with E-state index in [1.165, 1.54) is 0 Å². The number of hydrogen-bond donors (Lipinski definition) is 1. The van der Waals surface area contributed by atoms with Gasteiger partial charge < -0.3 is 10.1 Å². The van der Waals surface area contributed by atoms with E-state index >= 15 is 0 Å².